The maximum Gasteiger partial charge on any atom is 0.404 e. The summed E-state index contributed by atoms with van der Waals surface area (Å²) in [7, 11) is -5.09. The van der Waals surface area contributed by atoms with Crippen LogP contribution in [0, 0.1) is 17.5 Å². The molecule has 166 valence electrons. The van der Waals surface area contributed by atoms with Crippen LogP contribution in [0.5, 0.6) is 0 Å². The zero-order valence-electron chi connectivity index (χ0n) is 15.0. The van der Waals surface area contributed by atoms with Gasteiger partial charge in [-0.2, -0.15) is 17.9 Å². The summed E-state index contributed by atoms with van der Waals surface area (Å²) in [6.45, 7) is -1.40. The van der Waals surface area contributed by atoms with Crippen molar-refractivity contribution in [1.29, 1.82) is 0 Å². The van der Waals surface area contributed by atoms with Crippen molar-refractivity contribution in [2.75, 3.05) is 12.0 Å². The quantitative estimate of drug-likeness (QED) is 0.621. The molecular weight excluding hydrogens is 447 g/mol. The van der Waals surface area contributed by atoms with Crippen LogP contribution in [0.15, 0.2) is 29.3 Å². The van der Waals surface area contributed by atoms with Crippen LogP contribution in [-0.2, 0) is 16.6 Å². The van der Waals surface area contributed by atoms with E-state index in [1.54, 1.807) is 0 Å². The fourth-order valence-corrected chi connectivity index (χ4v) is 3.64. The lowest BCUT2D eigenvalue weighted by Crippen LogP contribution is -2.43. The lowest BCUT2D eigenvalue weighted by atomic mass is 10.3. The molecule has 1 aromatic heterocycles. The third-order valence-corrected chi connectivity index (χ3v) is 5.34. The van der Waals surface area contributed by atoms with Gasteiger partial charge in [-0.05, 0) is 19.1 Å². The summed E-state index contributed by atoms with van der Waals surface area (Å²) in [6.07, 6.45) is -4.52. The average Bonchev–Trinajstić information content (AvgIpc) is 2.94. The van der Waals surface area contributed by atoms with E-state index in [4.69, 9.17) is 0 Å². The molecule has 0 aliphatic heterocycles. The number of carbonyl (C=O) groups excluding carboxylic acids is 1. The van der Waals surface area contributed by atoms with E-state index in [2.05, 4.69) is 0 Å². The van der Waals surface area contributed by atoms with Crippen molar-refractivity contribution in [2.45, 2.75) is 30.6 Å². The smallest absolute Gasteiger partial charge is 0.337 e. The predicted molar refractivity (Wildman–Crippen MR) is 90.5 cm³/mol. The van der Waals surface area contributed by atoms with E-state index in [1.807, 2.05) is 5.32 Å². The molecule has 2 N–H and O–H groups in total. The molecule has 0 aliphatic rings. The van der Waals surface area contributed by atoms with E-state index in [0.29, 0.717) is 29.8 Å². The van der Waals surface area contributed by atoms with Gasteiger partial charge in [0.25, 0.3) is 5.91 Å². The summed E-state index contributed by atoms with van der Waals surface area (Å²) in [4.78, 5) is 11.0. The van der Waals surface area contributed by atoms with Gasteiger partial charge in [0.1, 0.15) is 23.3 Å². The average molecular weight is 461 g/mol. The van der Waals surface area contributed by atoms with Crippen molar-refractivity contribution >= 4 is 21.6 Å². The molecule has 0 unspecified atom stereocenters. The highest BCUT2D eigenvalue weighted by Gasteiger charge is 2.40. The Morgan fingerprint density at radius 2 is 1.80 bits per heavy atom. The number of halogens is 7. The highest BCUT2D eigenvalue weighted by Crippen LogP contribution is 2.26. The first-order valence-electron chi connectivity index (χ1n) is 8.08. The number of nitrogens with zero attached hydrogens (tertiary/aromatic N) is 1. The van der Waals surface area contributed by atoms with E-state index < -0.39 is 69.4 Å². The molecule has 0 aliphatic carbocycles. The van der Waals surface area contributed by atoms with Gasteiger partial charge in [0.15, 0.2) is 17.5 Å². The Morgan fingerprint density at radius 3 is 2.33 bits per heavy atom. The second kappa shape index (κ2) is 8.63. The monoisotopic (exact) mass is 461 g/mol. The van der Waals surface area contributed by atoms with Gasteiger partial charge in [0.2, 0.25) is 10.0 Å². The SMILES string of the molecule is C[C@@H](NS(=O)(=O)c1cn(CCF)c(C(=O)Nc2ccc(F)c(F)c2)c1F)C(F)(F)F. The normalized spacial score (nSPS) is 13.3. The molecule has 6 nitrogen and oxygen atoms in total. The number of hydrogen-bond acceptors (Lipinski definition) is 3. The first-order chi connectivity index (χ1) is 13.8. The van der Waals surface area contributed by atoms with Gasteiger partial charge in [-0.1, -0.05) is 0 Å². The molecule has 0 fully saturated rings. The van der Waals surface area contributed by atoms with E-state index in [0.717, 1.165) is 6.07 Å². The molecule has 30 heavy (non-hydrogen) atoms. The number of aryl methyl sites for hydroxylation is 1. The molecule has 1 atom stereocenters. The van der Waals surface area contributed by atoms with Crippen molar-refractivity contribution < 1.29 is 43.9 Å². The van der Waals surface area contributed by atoms with Gasteiger partial charge in [-0.3, -0.25) is 4.79 Å². The summed E-state index contributed by atoms with van der Waals surface area (Å²) in [5, 5.41) is 1.97. The molecule has 14 heteroatoms. The summed E-state index contributed by atoms with van der Waals surface area (Å²) in [5.74, 6) is -5.69. The second-order valence-corrected chi connectivity index (χ2v) is 7.69. The summed E-state index contributed by atoms with van der Waals surface area (Å²) in [6, 6.07) is -0.454. The topological polar surface area (TPSA) is 80.2 Å². The lowest BCUT2D eigenvalue weighted by Gasteiger charge is -2.16. The van der Waals surface area contributed by atoms with Gasteiger partial charge in [-0.25, -0.2) is 26.0 Å². The number of sulfonamides is 1. The zero-order valence-corrected chi connectivity index (χ0v) is 15.8. The molecule has 1 amide bonds. The maximum absolute atomic E-state index is 14.7. The molecule has 1 aromatic carbocycles. The first kappa shape index (κ1) is 23.7. The number of carbonyl (C=O) groups is 1. The molecule has 0 radical (unpaired) electrons. The van der Waals surface area contributed by atoms with Crippen LogP contribution in [0.4, 0.5) is 36.4 Å². The molecule has 0 spiro atoms. The van der Waals surface area contributed by atoms with E-state index in [1.165, 1.54) is 4.72 Å². The largest absolute Gasteiger partial charge is 0.404 e. The number of amides is 1. The summed E-state index contributed by atoms with van der Waals surface area (Å²) >= 11 is 0. The van der Waals surface area contributed by atoms with Gasteiger partial charge in [0.05, 0.1) is 6.54 Å². The molecule has 0 bridgehead atoms. The van der Waals surface area contributed by atoms with E-state index in [9.17, 15) is 43.9 Å². The second-order valence-electron chi connectivity index (χ2n) is 6.01. The third-order valence-electron chi connectivity index (χ3n) is 3.81. The number of hydrogen-bond donors (Lipinski definition) is 2. The molecule has 2 aromatic rings. The van der Waals surface area contributed by atoms with Gasteiger partial charge < -0.3 is 9.88 Å². The Bertz CT molecular complexity index is 1050. The van der Waals surface area contributed by atoms with Gasteiger partial charge in [-0.15, -0.1) is 0 Å². The van der Waals surface area contributed by atoms with Crippen LogP contribution in [-0.4, -0.2) is 37.8 Å². The van der Waals surface area contributed by atoms with Gasteiger partial charge in [0, 0.05) is 18.0 Å². The highest BCUT2D eigenvalue weighted by molar-refractivity contribution is 7.89. The fourth-order valence-electron chi connectivity index (χ4n) is 2.32. The molecule has 1 heterocycles. The van der Waals surface area contributed by atoms with Crippen molar-refractivity contribution in [3.63, 3.8) is 0 Å². The van der Waals surface area contributed by atoms with Crippen molar-refractivity contribution in [3.8, 4) is 0 Å². The predicted octanol–water partition coefficient (Wildman–Crippen LogP) is 3.36. The molecular formula is C16H14F7N3O3S. The Hall–Kier alpha value is -2.61. The minimum absolute atomic E-state index is 0.334. The van der Waals surface area contributed by atoms with E-state index in [-0.39, 0.29) is 5.69 Å². The number of rotatable bonds is 7. The van der Waals surface area contributed by atoms with Crippen LogP contribution in [0.3, 0.4) is 0 Å². The first-order valence-corrected chi connectivity index (χ1v) is 9.56. The number of anilines is 1. The third kappa shape index (κ3) is 5.11. The number of aromatic nitrogens is 1. The van der Waals surface area contributed by atoms with Crippen LogP contribution >= 0.6 is 0 Å². The number of benzene rings is 1. The molecule has 0 saturated heterocycles. The van der Waals surface area contributed by atoms with Crippen LogP contribution in [0.1, 0.15) is 17.4 Å². The molecule has 0 saturated carbocycles. The Labute approximate surface area is 165 Å². The Morgan fingerprint density at radius 1 is 1.17 bits per heavy atom. The van der Waals surface area contributed by atoms with Crippen molar-refractivity contribution in [2.24, 2.45) is 0 Å². The van der Waals surface area contributed by atoms with Crippen molar-refractivity contribution in [3.05, 3.63) is 47.5 Å². The van der Waals surface area contributed by atoms with E-state index >= 15 is 0 Å². The Balaban J connectivity index is 2.44. The number of nitrogens with one attached hydrogen (secondary N) is 2. The minimum Gasteiger partial charge on any atom is -0.337 e. The van der Waals surface area contributed by atoms with Crippen LogP contribution in [0.2, 0.25) is 0 Å². The lowest BCUT2D eigenvalue weighted by molar-refractivity contribution is -0.147. The van der Waals surface area contributed by atoms with Crippen molar-refractivity contribution in [1.82, 2.24) is 9.29 Å². The fraction of sp³-hybridized carbons (Fsp3) is 0.312. The van der Waals surface area contributed by atoms with Crippen LogP contribution < -0.4 is 10.0 Å². The summed E-state index contributed by atoms with van der Waals surface area (Å²) in [5.41, 5.74) is -1.36. The maximum atomic E-state index is 14.7. The minimum atomic E-state index is -5.09. The van der Waals surface area contributed by atoms with Gasteiger partial charge >= 0.3 is 6.18 Å². The van der Waals surface area contributed by atoms with Crippen LogP contribution in [0.25, 0.3) is 0 Å². The standard InChI is InChI=1S/C16H14F7N3O3S/c1-8(16(21,22)23)25-30(28,29)12-7-26(5-4-17)14(13(12)20)15(27)24-9-2-3-10(18)11(19)6-9/h2-3,6-8,25H,4-5H2,1H3,(H,24,27)/t8-/m1/s1. The number of alkyl halides is 4. The highest BCUT2D eigenvalue weighted by atomic mass is 32.2. The Kier molecular flexibility index (Phi) is 6.81. The zero-order chi connectivity index (χ0) is 22.9. The summed E-state index contributed by atoms with van der Waals surface area (Å²) < 4.78 is 118. The molecule has 2 rings (SSSR count).